The Hall–Kier alpha value is -3.75. The van der Waals surface area contributed by atoms with Crippen molar-refractivity contribution < 1.29 is 38.2 Å². The van der Waals surface area contributed by atoms with E-state index < -0.39 is 18.1 Å². The third kappa shape index (κ3) is 45.4. The molecule has 0 aromatic heterocycles. The van der Waals surface area contributed by atoms with Crippen LogP contribution in [-0.2, 0) is 28.6 Å². The maximum Gasteiger partial charge on any atom is 0.362 e. The summed E-state index contributed by atoms with van der Waals surface area (Å²) in [6.07, 6.45) is 64.5. The number of carboxylic acids is 1. The standard InChI is InChI=1S/C58H97NO7/c1-6-8-10-12-14-16-18-20-22-24-26-27-28-29-31-33-35-37-39-41-43-45-47-49-57(61)66-54(52-64-51-50-55(58(62)63)59(3,4)5)53-65-56(60)48-46-44-42-40-38-36-34-32-30-25-23-21-19-17-15-13-11-9-7-2/h8,10,14-17,19-22,26-27,29,31,35,37,54-55H,6-7,9,11-13,18,23-25,28,30,32-34,36,38-53H2,1-5H3/p+1/b10-8+,16-14+,17-15+,21-19+,22-20+,27-26+,31-29+,37-35+. The fraction of sp³-hybridized carbons (Fsp3) is 0.672. The van der Waals surface area contributed by atoms with Gasteiger partial charge in [0.2, 0.25) is 0 Å². The molecule has 0 aliphatic carbocycles. The van der Waals surface area contributed by atoms with Gasteiger partial charge < -0.3 is 23.8 Å². The number of allylic oxidation sites excluding steroid dienone is 16. The van der Waals surface area contributed by atoms with Gasteiger partial charge in [-0.05, 0) is 89.9 Å². The Balaban J connectivity index is 4.32. The first-order valence-electron chi connectivity index (χ1n) is 26.3. The highest BCUT2D eigenvalue weighted by Crippen LogP contribution is 2.14. The van der Waals surface area contributed by atoms with Crippen LogP contribution in [0.5, 0.6) is 0 Å². The van der Waals surface area contributed by atoms with Gasteiger partial charge in [-0.3, -0.25) is 9.59 Å². The van der Waals surface area contributed by atoms with E-state index in [2.05, 4.69) is 111 Å². The molecule has 0 aromatic carbocycles. The quantitative estimate of drug-likeness (QED) is 0.0213. The molecule has 0 fully saturated rings. The lowest BCUT2D eigenvalue weighted by Gasteiger charge is -2.31. The first-order valence-corrected chi connectivity index (χ1v) is 26.3. The van der Waals surface area contributed by atoms with Gasteiger partial charge in [-0.25, -0.2) is 4.79 Å². The SMILES string of the molecule is CC/C=C/C/C=C/C/C=C/C/C=C/C/C=C/C/C=C/CCCCCCC(=O)OC(COCCC(C(=O)O)[N+](C)(C)C)COC(=O)CCCCCCCCCCCC/C=C/C=C/CCCCC. The summed E-state index contributed by atoms with van der Waals surface area (Å²) in [6, 6.07) is -0.626. The van der Waals surface area contributed by atoms with E-state index >= 15 is 0 Å². The Labute approximate surface area is 405 Å². The van der Waals surface area contributed by atoms with Crippen molar-refractivity contribution in [3.8, 4) is 0 Å². The Morgan fingerprint density at radius 1 is 0.485 bits per heavy atom. The number of nitrogens with zero attached hydrogens (tertiary/aromatic N) is 1. The molecule has 2 atom stereocenters. The lowest BCUT2D eigenvalue weighted by molar-refractivity contribution is -0.887. The fourth-order valence-corrected chi connectivity index (χ4v) is 7.20. The Bertz CT molecular complexity index is 1400. The van der Waals surface area contributed by atoms with Crippen molar-refractivity contribution in [3.05, 3.63) is 97.2 Å². The molecule has 0 radical (unpaired) electrons. The second-order valence-corrected chi connectivity index (χ2v) is 18.4. The maximum atomic E-state index is 12.8. The fourth-order valence-electron chi connectivity index (χ4n) is 7.20. The van der Waals surface area contributed by atoms with E-state index in [0.29, 0.717) is 19.3 Å². The minimum atomic E-state index is -0.883. The number of carbonyl (C=O) groups excluding carboxylic acids is 2. The number of likely N-dealkylation sites (N-methyl/N-ethyl adjacent to an activating group) is 1. The molecule has 0 saturated carbocycles. The third-order valence-electron chi connectivity index (χ3n) is 11.2. The summed E-state index contributed by atoms with van der Waals surface area (Å²) in [4.78, 5) is 37.2. The summed E-state index contributed by atoms with van der Waals surface area (Å²) in [5, 5.41) is 9.66. The molecule has 0 spiro atoms. The number of aliphatic carboxylic acids is 1. The summed E-state index contributed by atoms with van der Waals surface area (Å²) in [5.41, 5.74) is 0. The first-order chi connectivity index (χ1) is 32.1. The van der Waals surface area contributed by atoms with Crippen LogP contribution in [0.25, 0.3) is 0 Å². The van der Waals surface area contributed by atoms with Crippen LogP contribution in [0.2, 0.25) is 0 Å². The summed E-state index contributed by atoms with van der Waals surface area (Å²) < 4.78 is 17.3. The zero-order valence-corrected chi connectivity index (χ0v) is 42.9. The number of carbonyl (C=O) groups is 3. The van der Waals surface area contributed by atoms with Gasteiger partial charge in [-0.2, -0.15) is 0 Å². The average molecular weight is 921 g/mol. The van der Waals surface area contributed by atoms with Crippen LogP contribution in [0, 0.1) is 0 Å². The predicted molar refractivity (Wildman–Crippen MR) is 279 cm³/mol. The maximum absolute atomic E-state index is 12.8. The molecule has 66 heavy (non-hydrogen) atoms. The summed E-state index contributed by atoms with van der Waals surface area (Å²) in [5.74, 6) is -1.51. The highest BCUT2D eigenvalue weighted by atomic mass is 16.6. The number of quaternary nitrogens is 1. The molecule has 0 aromatic rings. The van der Waals surface area contributed by atoms with E-state index in [9.17, 15) is 19.5 Å². The molecule has 0 amide bonds. The molecule has 376 valence electrons. The largest absolute Gasteiger partial charge is 0.477 e. The Morgan fingerprint density at radius 2 is 0.894 bits per heavy atom. The van der Waals surface area contributed by atoms with Crippen LogP contribution in [0.4, 0.5) is 0 Å². The molecule has 0 saturated heterocycles. The van der Waals surface area contributed by atoms with Crippen molar-refractivity contribution in [1.82, 2.24) is 0 Å². The van der Waals surface area contributed by atoms with Gasteiger partial charge in [0.15, 0.2) is 12.1 Å². The summed E-state index contributed by atoms with van der Waals surface area (Å²) in [7, 11) is 5.52. The highest BCUT2D eigenvalue weighted by molar-refractivity contribution is 5.72. The van der Waals surface area contributed by atoms with E-state index in [4.69, 9.17) is 14.2 Å². The molecular formula is C58H98NO7+. The Morgan fingerprint density at radius 3 is 1.35 bits per heavy atom. The lowest BCUT2D eigenvalue weighted by Crippen LogP contribution is -2.50. The molecule has 0 aliphatic heterocycles. The van der Waals surface area contributed by atoms with Gasteiger partial charge in [0.25, 0.3) is 0 Å². The number of ether oxygens (including phenoxy) is 3. The predicted octanol–water partition coefficient (Wildman–Crippen LogP) is 15.4. The lowest BCUT2D eigenvalue weighted by atomic mass is 10.1. The average Bonchev–Trinajstić information content (AvgIpc) is 3.28. The van der Waals surface area contributed by atoms with Crippen LogP contribution in [-0.4, -0.2) is 80.6 Å². The monoisotopic (exact) mass is 921 g/mol. The van der Waals surface area contributed by atoms with Gasteiger partial charge in [0, 0.05) is 19.3 Å². The van der Waals surface area contributed by atoms with Crippen molar-refractivity contribution in [3.63, 3.8) is 0 Å². The second-order valence-electron chi connectivity index (χ2n) is 18.4. The minimum absolute atomic E-state index is 0.0440. The molecule has 8 nitrogen and oxygen atoms in total. The van der Waals surface area contributed by atoms with Gasteiger partial charge in [-0.1, -0.05) is 188 Å². The van der Waals surface area contributed by atoms with Crippen LogP contribution < -0.4 is 0 Å². The van der Waals surface area contributed by atoms with Crippen LogP contribution in [0.1, 0.15) is 200 Å². The van der Waals surface area contributed by atoms with Gasteiger partial charge >= 0.3 is 17.9 Å². The van der Waals surface area contributed by atoms with E-state index in [1.54, 1.807) is 0 Å². The van der Waals surface area contributed by atoms with Crippen molar-refractivity contribution >= 4 is 17.9 Å². The molecule has 0 rings (SSSR count). The van der Waals surface area contributed by atoms with E-state index in [-0.39, 0.29) is 36.2 Å². The topological polar surface area (TPSA) is 99.1 Å². The molecule has 2 unspecified atom stereocenters. The normalized spacial score (nSPS) is 13.7. The van der Waals surface area contributed by atoms with Gasteiger partial charge in [0.05, 0.1) is 34.4 Å². The smallest absolute Gasteiger partial charge is 0.362 e. The van der Waals surface area contributed by atoms with Gasteiger partial charge in [0.1, 0.15) is 6.61 Å². The first kappa shape index (κ1) is 62.2. The number of carboxylic acid groups (broad SMARTS) is 1. The van der Waals surface area contributed by atoms with Crippen molar-refractivity contribution in [2.24, 2.45) is 0 Å². The van der Waals surface area contributed by atoms with Crippen molar-refractivity contribution in [2.45, 2.75) is 212 Å². The second kappa shape index (κ2) is 47.7. The van der Waals surface area contributed by atoms with E-state index in [1.807, 2.05) is 21.1 Å². The molecule has 0 aliphatic rings. The summed E-state index contributed by atoms with van der Waals surface area (Å²) >= 11 is 0. The minimum Gasteiger partial charge on any atom is -0.477 e. The van der Waals surface area contributed by atoms with E-state index in [1.165, 1.54) is 77.0 Å². The van der Waals surface area contributed by atoms with Crippen molar-refractivity contribution in [1.29, 1.82) is 0 Å². The number of hydrogen-bond donors (Lipinski definition) is 1. The molecule has 0 heterocycles. The highest BCUT2D eigenvalue weighted by Gasteiger charge is 2.31. The molecular weight excluding hydrogens is 823 g/mol. The number of rotatable bonds is 46. The molecule has 8 heteroatoms. The third-order valence-corrected chi connectivity index (χ3v) is 11.2. The van der Waals surface area contributed by atoms with Crippen LogP contribution in [0.3, 0.4) is 0 Å². The Kier molecular flexibility index (Phi) is 45.0. The molecule has 0 bridgehead atoms. The zero-order chi connectivity index (χ0) is 48.4. The van der Waals surface area contributed by atoms with Crippen LogP contribution >= 0.6 is 0 Å². The molecule has 1 N–H and O–H groups in total. The van der Waals surface area contributed by atoms with Crippen molar-refractivity contribution in [2.75, 3.05) is 41.0 Å². The number of unbranched alkanes of at least 4 members (excludes halogenated alkanes) is 17. The number of hydrogen-bond acceptors (Lipinski definition) is 6. The van der Waals surface area contributed by atoms with Crippen LogP contribution in [0.15, 0.2) is 97.2 Å². The number of esters is 2. The van der Waals surface area contributed by atoms with E-state index in [0.717, 1.165) is 89.9 Å². The van der Waals surface area contributed by atoms with Gasteiger partial charge in [-0.15, -0.1) is 0 Å². The summed E-state index contributed by atoms with van der Waals surface area (Å²) in [6.45, 7) is 4.56. The zero-order valence-electron chi connectivity index (χ0n) is 42.9.